The fraction of sp³-hybridized carbons (Fsp3) is 0.692. The first-order chi connectivity index (χ1) is 7.88. The molecule has 0 radical (unpaired) electrons. The van der Waals surface area contributed by atoms with E-state index in [0.29, 0.717) is 6.04 Å². The highest BCUT2D eigenvalue weighted by molar-refractivity contribution is 5.24. The van der Waals surface area contributed by atoms with E-state index in [-0.39, 0.29) is 0 Å². The predicted octanol–water partition coefficient (Wildman–Crippen LogP) is 3.25. The van der Waals surface area contributed by atoms with Crippen molar-refractivity contribution in [3.63, 3.8) is 0 Å². The van der Waals surface area contributed by atoms with Gasteiger partial charge in [-0.3, -0.25) is 0 Å². The van der Waals surface area contributed by atoms with Crippen molar-refractivity contribution in [3.8, 4) is 0 Å². The highest BCUT2D eigenvalue weighted by Gasteiger charge is 2.20. The molecule has 1 heterocycles. The van der Waals surface area contributed by atoms with Crippen molar-refractivity contribution in [3.05, 3.63) is 18.5 Å². The molecule has 3 heteroatoms. The van der Waals surface area contributed by atoms with Crippen LogP contribution in [0.25, 0.3) is 0 Å². The molecule has 1 aromatic rings. The van der Waals surface area contributed by atoms with Gasteiger partial charge in [0.2, 0.25) is 5.95 Å². The van der Waals surface area contributed by atoms with E-state index in [2.05, 4.69) is 22.2 Å². The lowest BCUT2D eigenvalue weighted by molar-refractivity contribution is 0.318. The third-order valence-electron chi connectivity index (χ3n) is 3.44. The summed E-state index contributed by atoms with van der Waals surface area (Å²) < 4.78 is 0. The topological polar surface area (TPSA) is 37.8 Å². The second kappa shape index (κ2) is 5.83. The minimum atomic E-state index is 0.579. The summed E-state index contributed by atoms with van der Waals surface area (Å²) in [5.74, 6) is 1.74. The highest BCUT2D eigenvalue weighted by Crippen LogP contribution is 2.28. The first kappa shape index (κ1) is 11.4. The summed E-state index contributed by atoms with van der Waals surface area (Å²) in [4.78, 5) is 8.41. The third kappa shape index (κ3) is 3.19. The zero-order valence-corrected chi connectivity index (χ0v) is 10.0. The van der Waals surface area contributed by atoms with Crippen LogP contribution in [0, 0.1) is 5.92 Å². The molecule has 0 spiro atoms. The molecular weight excluding hydrogens is 198 g/mol. The number of nitrogens with zero attached hydrogens (tertiary/aromatic N) is 2. The number of anilines is 1. The van der Waals surface area contributed by atoms with E-state index >= 15 is 0 Å². The van der Waals surface area contributed by atoms with Gasteiger partial charge < -0.3 is 5.32 Å². The van der Waals surface area contributed by atoms with Crippen LogP contribution in [0.1, 0.15) is 45.4 Å². The van der Waals surface area contributed by atoms with Gasteiger partial charge in [-0.25, -0.2) is 9.97 Å². The summed E-state index contributed by atoms with van der Waals surface area (Å²) >= 11 is 0. The minimum Gasteiger partial charge on any atom is -0.351 e. The van der Waals surface area contributed by atoms with Crippen molar-refractivity contribution in [2.45, 2.75) is 51.5 Å². The first-order valence-corrected chi connectivity index (χ1v) is 6.42. The molecule has 2 rings (SSSR count). The number of aromatic nitrogens is 2. The maximum Gasteiger partial charge on any atom is 0.222 e. The van der Waals surface area contributed by atoms with Gasteiger partial charge in [-0.1, -0.05) is 19.8 Å². The Balaban J connectivity index is 1.77. The number of hydrogen-bond donors (Lipinski definition) is 1. The van der Waals surface area contributed by atoms with Gasteiger partial charge in [-0.15, -0.1) is 0 Å². The maximum atomic E-state index is 4.21. The Morgan fingerprint density at radius 3 is 2.50 bits per heavy atom. The molecule has 0 saturated heterocycles. The summed E-state index contributed by atoms with van der Waals surface area (Å²) in [5, 5.41) is 3.42. The van der Waals surface area contributed by atoms with Crippen molar-refractivity contribution in [2.24, 2.45) is 5.92 Å². The quantitative estimate of drug-likeness (QED) is 0.844. The smallest absolute Gasteiger partial charge is 0.222 e. The molecule has 1 fully saturated rings. The Hall–Kier alpha value is -1.12. The average Bonchev–Trinajstić information content (AvgIpc) is 2.33. The fourth-order valence-electron chi connectivity index (χ4n) is 2.56. The monoisotopic (exact) mass is 219 g/mol. The fourth-order valence-corrected chi connectivity index (χ4v) is 2.56. The van der Waals surface area contributed by atoms with E-state index in [1.807, 2.05) is 6.07 Å². The molecule has 16 heavy (non-hydrogen) atoms. The van der Waals surface area contributed by atoms with Crippen LogP contribution in [0.2, 0.25) is 0 Å². The van der Waals surface area contributed by atoms with Gasteiger partial charge in [-0.05, 0) is 37.7 Å². The van der Waals surface area contributed by atoms with Crippen LogP contribution in [0.3, 0.4) is 0 Å². The molecule has 0 bridgehead atoms. The van der Waals surface area contributed by atoms with E-state index in [9.17, 15) is 0 Å². The van der Waals surface area contributed by atoms with Crippen molar-refractivity contribution >= 4 is 5.95 Å². The Morgan fingerprint density at radius 2 is 1.88 bits per heavy atom. The van der Waals surface area contributed by atoms with Crippen LogP contribution in [0.4, 0.5) is 5.95 Å². The molecule has 0 aliphatic heterocycles. The van der Waals surface area contributed by atoms with Crippen LogP contribution in [0.5, 0.6) is 0 Å². The second-order valence-corrected chi connectivity index (χ2v) is 4.72. The highest BCUT2D eigenvalue weighted by atomic mass is 15.1. The third-order valence-corrected chi connectivity index (χ3v) is 3.44. The molecule has 1 aromatic heterocycles. The summed E-state index contributed by atoms with van der Waals surface area (Å²) in [7, 11) is 0. The lowest BCUT2D eigenvalue weighted by Gasteiger charge is -2.28. The molecule has 0 aromatic carbocycles. The summed E-state index contributed by atoms with van der Waals surface area (Å²) in [6, 6.07) is 2.43. The van der Waals surface area contributed by atoms with E-state index < -0.39 is 0 Å². The number of rotatable bonds is 4. The van der Waals surface area contributed by atoms with Gasteiger partial charge in [0.05, 0.1) is 0 Å². The minimum absolute atomic E-state index is 0.579. The van der Waals surface area contributed by atoms with Gasteiger partial charge in [0.1, 0.15) is 0 Å². The zero-order chi connectivity index (χ0) is 11.2. The molecule has 1 N–H and O–H groups in total. The molecule has 0 unspecified atom stereocenters. The Morgan fingerprint density at radius 1 is 1.19 bits per heavy atom. The predicted molar refractivity (Wildman–Crippen MR) is 66.3 cm³/mol. The van der Waals surface area contributed by atoms with Crippen molar-refractivity contribution in [2.75, 3.05) is 5.32 Å². The first-order valence-electron chi connectivity index (χ1n) is 6.42. The Labute approximate surface area is 97.7 Å². The maximum absolute atomic E-state index is 4.21. The van der Waals surface area contributed by atoms with E-state index in [4.69, 9.17) is 0 Å². The second-order valence-electron chi connectivity index (χ2n) is 4.72. The molecular formula is C13H21N3. The SMILES string of the molecule is CCCC1CCC(Nc2ncccn2)CC1. The van der Waals surface area contributed by atoms with Crippen LogP contribution < -0.4 is 5.32 Å². The van der Waals surface area contributed by atoms with Crippen molar-refractivity contribution in [1.82, 2.24) is 9.97 Å². The van der Waals surface area contributed by atoms with Gasteiger partial charge in [0, 0.05) is 18.4 Å². The molecule has 3 nitrogen and oxygen atoms in total. The molecule has 1 aliphatic rings. The molecule has 88 valence electrons. The largest absolute Gasteiger partial charge is 0.351 e. The van der Waals surface area contributed by atoms with Crippen molar-refractivity contribution < 1.29 is 0 Å². The van der Waals surface area contributed by atoms with E-state index in [1.165, 1.54) is 38.5 Å². The number of hydrogen-bond acceptors (Lipinski definition) is 3. The van der Waals surface area contributed by atoms with Crippen molar-refractivity contribution in [1.29, 1.82) is 0 Å². The molecule has 1 aliphatic carbocycles. The Kier molecular flexibility index (Phi) is 4.14. The van der Waals surface area contributed by atoms with E-state index in [1.54, 1.807) is 12.4 Å². The zero-order valence-electron chi connectivity index (χ0n) is 10.0. The Bertz CT molecular complexity index is 291. The summed E-state index contributed by atoms with van der Waals surface area (Å²) in [5.41, 5.74) is 0. The van der Waals surface area contributed by atoms with Crippen LogP contribution in [-0.4, -0.2) is 16.0 Å². The van der Waals surface area contributed by atoms with Gasteiger partial charge in [0.25, 0.3) is 0 Å². The van der Waals surface area contributed by atoms with Gasteiger partial charge in [-0.2, -0.15) is 0 Å². The lowest BCUT2D eigenvalue weighted by atomic mass is 9.83. The van der Waals surface area contributed by atoms with Gasteiger partial charge >= 0.3 is 0 Å². The standard InChI is InChI=1S/C13H21N3/c1-2-4-11-5-7-12(8-6-11)16-13-14-9-3-10-15-13/h3,9-12H,2,4-8H2,1H3,(H,14,15,16). The number of nitrogens with one attached hydrogen (secondary N) is 1. The summed E-state index contributed by atoms with van der Waals surface area (Å²) in [6.45, 7) is 2.28. The molecule has 0 amide bonds. The van der Waals surface area contributed by atoms with E-state index in [0.717, 1.165) is 11.9 Å². The normalized spacial score (nSPS) is 25.3. The molecule has 1 saturated carbocycles. The van der Waals surface area contributed by atoms with Crippen LogP contribution >= 0.6 is 0 Å². The van der Waals surface area contributed by atoms with Crippen LogP contribution in [0.15, 0.2) is 18.5 Å². The average molecular weight is 219 g/mol. The molecule has 0 atom stereocenters. The van der Waals surface area contributed by atoms with Gasteiger partial charge in [0.15, 0.2) is 0 Å². The van der Waals surface area contributed by atoms with Crippen LogP contribution in [-0.2, 0) is 0 Å². The lowest BCUT2D eigenvalue weighted by Crippen LogP contribution is -2.26. The summed E-state index contributed by atoms with van der Waals surface area (Å²) in [6.07, 6.45) is 11.6.